The maximum atomic E-state index is 13.4. The Labute approximate surface area is 172 Å². The van der Waals surface area contributed by atoms with Crippen LogP contribution in [0.15, 0.2) is 57.7 Å². The van der Waals surface area contributed by atoms with Crippen molar-refractivity contribution in [3.8, 4) is 5.75 Å². The van der Waals surface area contributed by atoms with Gasteiger partial charge in [-0.1, -0.05) is 24.3 Å². The molecule has 4 rings (SSSR count). The molecule has 1 aliphatic rings. The topological polar surface area (TPSA) is 77.8 Å². The molecule has 1 fully saturated rings. The maximum absolute atomic E-state index is 13.4. The number of para-hydroxylation sites is 1. The second kappa shape index (κ2) is 8.28. The van der Waals surface area contributed by atoms with E-state index < -0.39 is 11.5 Å². The quantitative estimate of drug-likeness (QED) is 0.651. The Balaban J connectivity index is 1.60. The molecule has 1 aliphatic heterocycles. The molecule has 0 radical (unpaired) electrons. The molecule has 0 unspecified atom stereocenters. The van der Waals surface area contributed by atoms with Gasteiger partial charge in [-0.3, -0.25) is 4.79 Å². The van der Waals surface area contributed by atoms with Crippen LogP contribution in [-0.4, -0.2) is 32.8 Å². The van der Waals surface area contributed by atoms with Crippen molar-refractivity contribution in [2.24, 2.45) is 0 Å². The van der Waals surface area contributed by atoms with E-state index in [1.165, 1.54) is 25.3 Å². The molecule has 0 saturated carbocycles. The molecule has 6 nitrogen and oxygen atoms in total. The van der Waals surface area contributed by atoms with Crippen LogP contribution in [0.25, 0.3) is 11.0 Å². The van der Waals surface area contributed by atoms with Gasteiger partial charge >= 0.3 is 5.63 Å². The number of hydrogen-bond acceptors (Lipinski definition) is 5. The van der Waals surface area contributed by atoms with Crippen LogP contribution in [0.2, 0.25) is 0 Å². The lowest BCUT2D eigenvalue weighted by Gasteiger charge is -2.38. The van der Waals surface area contributed by atoms with Crippen molar-refractivity contribution in [3.05, 3.63) is 75.9 Å². The van der Waals surface area contributed by atoms with Gasteiger partial charge in [0.1, 0.15) is 11.4 Å². The minimum absolute atomic E-state index is 0.0722. The summed E-state index contributed by atoms with van der Waals surface area (Å²) in [5.41, 5.74) is 0.0444. The molecule has 0 spiro atoms. The summed E-state index contributed by atoms with van der Waals surface area (Å²) < 4.78 is 29.4. The molecule has 0 aliphatic carbocycles. The molecule has 1 N–H and O–H groups in total. The van der Waals surface area contributed by atoms with Gasteiger partial charge in [-0.15, -0.1) is 0 Å². The van der Waals surface area contributed by atoms with E-state index in [-0.39, 0.29) is 16.8 Å². The molecule has 1 saturated heterocycles. The van der Waals surface area contributed by atoms with Gasteiger partial charge < -0.3 is 19.2 Å². The molecule has 30 heavy (non-hydrogen) atoms. The van der Waals surface area contributed by atoms with Crippen molar-refractivity contribution in [1.29, 1.82) is 0 Å². The Morgan fingerprint density at radius 1 is 1.17 bits per heavy atom. The Morgan fingerprint density at radius 2 is 1.90 bits per heavy atom. The van der Waals surface area contributed by atoms with E-state index in [2.05, 4.69) is 5.32 Å². The Kier molecular flexibility index (Phi) is 5.55. The van der Waals surface area contributed by atoms with Gasteiger partial charge in [0.05, 0.1) is 7.11 Å². The molecular weight excluding hydrogens is 389 g/mol. The van der Waals surface area contributed by atoms with Crippen LogP contribution in [-0.2, 0) is 10.2 Å². The number of carbonyl (C=O) groups excluding carboxylic acids is 1. The normalized spacial score (nSPS) is 15.7. The number of hydrogen-bond donors (Lipinski definition) is 1. The first-order chi connectivity index (χ1) is 14.5. The SMILES string of the molecule is COc1cccc2cc(C(=O)NCC3(c4ccc(F)cc4)CCOCC3)c(=O)oc12. The fraction of sp³-hybridized carbons (Fsp3) is 0.304. The third kappa shape index (κ3) is 3.80. The zero-order chi connectivity index (χ0) is 21.1. The third-order valence-electron chi connectivity index (χ3n) is 5.68. The fourth-order valence-electron chi connectivity index (χ4n) is 3.91. The predicted octanol–water partition coefficient (Wildman–Crippen LogP) is 3.42. The van der Waals surface area contributed by atoms with Gasteiger partial charge in [-0.05, 0) is 42.7 Å². The van der Waals surface area contributed by atoms with Gasteiger partial charge in [0.2, 0.25) is 0 Å². The lowest BCUT2D eigenvalue weighted by molar-refractivity contribution is 0.0486. The predicted molar refractivity (Wildman–Crippen MR) is 110 cm³/mol. The highest BCUT2D eigenvalue weighted by Crippen LogP contribution is 2.34. The monoisotopic (exact) mass is 411 g/mol. The highest BCUT2D eigenvalue weighted by molar-refractivity contribution is 5.97. The smallest absolute Gasteiger partial charge is 0.349 e. The van der Waals surface area contributed by atoms with E-state index in [9.17, 15) is 14.0 Å². The van der Waals surface area contributed by atoms with Crippen molar-refractivity contribution in [1.82, 2.24) is 5.32 Å². The highest BCUT2D eigenvalue weighted by Gasteiger charge is 2.35. The van der Waals surface area contributed by atoms with Gasteiger partial charge in [0, 0.05) is 30.6 Å². The van der Waals surface area contributed by atoms with Gasteiger partial charge in [0.25, 0.3) is 5.91 Å². The van der Waals surface area contributed by atoms with Gasteiger partial charge in [-0.25, -0.2) is 9.18 Å². The summed E-state index contributed by atoms with van der Waals surface area (Å²) in [7, 11) is 1.48. The summed E-state index contributed by atoms with van der Waals surface area (Å²) in [5, 5.41) is 3.47. The van der Waals surface area contributed by atoms with E-state index in [4.69, 9.17) is 13.9 Å². The zero-order valence-corrected chi connectivity index (χ0v) is 16.6. The molecule has 1 aromatic heterocycles. The van der Waals surface area contributed by atoms with Gasteiger partial charge in [-0.2, -0.15) is 0 Å². The van der Waals surface area contributed by atoms with Crippen molar-refractivity contribution < 1.29 is 23.1 Å². The van der Waals surface area contributed by atoms with Crippen molar-refractivity contribution >= 4 is 16.9 Å². The first kappa shape index (κ1) is 20.1. The lowest BCUT2D eigenvalue weighted by atomic mass is 9.74. The second-order valence-corrected chi connectivity index (χ2v) is 7.41. The largest absolute Gasteiger partial charge is 0.493 e. The minimum Gasteiger partial charge on any atom is -0.493 e. The number of carbonyl (C=O) groups is 1. The van der Waals surface area contributed by atoms with E-state index >= 15 is 0 Å². The average Bonchev–Trinajstić information content (AvgIpc) is 2.77. The van der Waals surface area contributed by atoms with Crippen molar-refractivity contribution in [3.63, 3.8) is 0 Å². The van der Waals surface area contributed by atoms with E-state index in [1.807, 2.05) is 0 Å². The Bertz CT molecular complexity index is 1120. The first-order valence-electron chi connectivity index (χ1n) is 9.75. The first-order valence-corrected chi connectivity index (χ1v) is 9.75. The third-order valence-corrected chi connectivity index (χ3v) is 5.68. The summed E-state index contributed by atoms with van der Waals surface area (Å²) in [6.07, 6.45) is 1.37. The van der Waals surface area contributed by atoms with Crippen LogP contribution in [0.3, 0.4) is 0 Å². The number of methoxy groups -OCH3 is 1. The molecule has 3 aromatic rings. The summed E-state index contributed by atoms with van der Waals surface area (Å²) in [6.45, 7) is 1.40. The van der Waals surface area contributed by atoms with E-state index in [0.29, 0.717) is 49.3 Å². The second-order valence-electron chi connectivity index (χ2n) is 7.41. The minimum atomic E-state index is -0.729. The van der Waals surface area contributed by atoms with Crippen molar-refractivity contribution in [2.45, 2.75) is 18.3 Å². The Morgan fingerprint density at radius 3 is 2.60 bits per heavy atom. The molecule has 7 heteroatoms. The summed E-state index contributed by atoms with van der Waals surface area (Å²) in [5.74, 6) is -0.398. The summed E-state index contributed by atoms with van der Waals surface area (Å²) in [6, 6.07) is 13.0. The number of amides is 1. The number of rotatable bonds is 5. The lowest BCUT2D eigenvalue weighted by Crippen LogP contribution is -2.45. The van der Waals surface area contributed by atoms with Crippen LogP contribution in [0.4, 0.5) is 4.39 Å². The van der Waals surface area contributed by atoms with E-state index in [0.717, 1.165) is 5.56 Å². The van der Waals surface area contributed by atoms with Gasteiger partial charge in [0.15, 0.2) is 11.3 Å². The Hall–Kier alpha value is -3.19. The van der Waals surface area contributed by atoms with Crippen molar-refractivity contribution in [2.75, 3.05) is 26.9 Å². The standard InChI is InChI=1S/C23H22FNO5/c1-28-19-4-2-3-15-13-18(22(27)30-20(15)19)21(26)25-14-23(9-11-29-12-10-23)16-5-7-17(24)8-6-16/h2-8,13H,9-12,14H2,1H3,(H,25,26). The average molecular weight is 411 g/mol. The molecule has 1 amide bonds. The van der Waals surface area contributed by atoms with Crippen LogP contribution in [0.1, 0.15) is 28.8 Å². The molecule has 2 aromatic carbocycles. The van der Waals surface area contributed by atoms with Crippen LogP contribution in [0, 0.1) is 5.82 Å². The highest BCUT2D eigenvalue weighted by atomic mass is 19.1. The number of benzene rings is 2. The summed E-state index contributed by atoms with van der Waals surface area (Å²) >= 11 is 0. The molecule has 0 atom stereocenters. The van der Waals surface area contributed by atoms with Crippen LogP contribution < -0.4 is 15.7 Å². The number of halogens is 1. The zero-order valence-electron chi connectivity index (χ0n) is 16.6. The summed E-state index contributed by atoms with van der Waals surface area (Å²) in [4.78, 5) is 25.3. The molecule has 0 bridgehead atoms. The fourth-order valence-corrected chi connectivity index (χ4v) is 3.91. The number of ether oxygens (including phenoxy) is 2. The number of nitrogens with one attached hydrogen (secondary N) is 1. The van der Waals surface area contributed by atoms with E-state index in [1.54, 1.807) is 30.3 Å². The molecular formula is C23H22FNO5. The maximum Gasteiger partial charge on any atom is 0.349 e. The molecule has 2 heterocycles. The number of fused-ring (bicyclic) bond motifs is 1. The molecule has 156 valence electrons. The van der Waals surface area contributed by atoms with Crippen LogP contribution >= 0.6 is 0 Å². The van der Waals surface area contributed by atoms with Crippen LogP contribution in [0.5, 0.6) is 5.75 Å².